The van der Waals surface area contributed by atoms with Gasteiger partial charge < -0.3 is 8.83 Å². The standard InChI is InChI=1S/C60H34N6O2S/c1-3-11-37-27-41-29-43(19-17-39(41)25-35(37)9-1)65(45-21-23-49-47-13-5-7-15-53(47)67-55(49)31-45)59-61-33-51-52-34-62-60(64-58(52)69-57(51)63-59)66(46-22-24-50-48-14-6-8-16-54(48)68-56(50)32-46)44-20-18-40-26-36-10-2-4-12-38(36)28-42(40)30-44/h1-34H. The molecule has 15 aromatic rings. The van der Waals surface area contributed by atoms with Gasteiger partial charge in [-0.15, -0.1) is 0 Å². The number of thiophene rings is 1. The Morgan fingerprint density at radius 3 is 1.13 bits per heavy atom. The molecule has 322 valence electrons. The molecule has 0 bridgehead atoms. The van der Waals surface area contributed by atoms with Crippen molar-refractivity contribution in [2.75, 3.05) is 9.80 Å². The van der Waals surface area contributed by atoms with Crippen molar-refractivity contribution in [1.29, 1.82) is 0 Å². The SMILES string of the molecule is c1ccc2cc3cc(N(c4ccc5c(c4)oc4ccccc45)c4ncc5c(n4)sc4nc(N(c6ccc7cc8ccccc8cc7c6)c6ccc7c(c6)oc6ccccc67)ncc45)ccc3cc2c1. The van der Waals surface area contributed by atoms with Crippen LogP contribution in [0.15, 0.2) is 215 Å². The third-order valence-electron chi connectivity index (χ3n) is 13.5. The predicted octanol–water partition coefficient (Wildman–Crippen LogP) is 17.0. The first-order valence-electron chi connectivity index (χ1n) is 22.8. The number of para-hydroxylation sites is 2. The van der Waals surface area contributed by atoms with Crippen molar-refractivity contribution in [3.63, 3.8) is 0 Å². The van der Waals surface area contributed by atoms with Gasteiger partial charge in [-0.1, -0.05) is 108 Å². The number of aromatic nitrogens is 4. The van der Waals surface area contributed by atoms with E-state index in [1.165, 1.54) is 32.9 Å². The lowest BCUT2D eigenvalue weighted by atomic mass is 10.0. The van der Waals surface area contributed by atoms with Crippen LogP contribution in [0, 0.1) is 0 Å². The molecule has 0 fully saturated rings. The minimum atomic E-state index is 0.530. The summed E-state index contributed by atoms with van der Waals surface area (Å²) in [4.78, 5) is 26.7. The molecule has 15 rings (SSSR count). The Kier molecular flexibility index (Phi) is 8.07. The van der Waals surface area contributed by atoms with Crippen LogP contribution in [0.1, 0.15) is 0 Å². The second-order valence-electron chi connectivity index (χ2n) is 17.6. The van der Waals surface area contributed by atoms with Crippen LogP contribution in [0.25, 0.3) is 107 Å². The van der Waals surface area contributed by atoms with Gasteiger partial charge in [-0.3, -0.25) is 9.80 Å². The van der Waals surface area contributed by atoms with E-state index in [0.717, 1.165) is 109 Å². The summed E-state index contributed by atoms with van der Waals surface area (Å²) >= 11 is 1.53. The summed E-state index contributed by atoms with van der Waals surface area (Å²) in [5, 5.41) is 15.4. The molecule has 0 radical (unpaired) electrons. The Morgan fingerprint density at radius 2 is 0.667 bits per heavy atom. The zero-order valence-corrected chi connectivity index (χ0v) is 37.4. The number of hydrogen-bond donors (Lipinski definition) is 0. The Morgan fingerprint density at radius 1 is 0.304 bits per heavy atom. The summed E-state index contributed by atoms with van der Waals surface area (Å²) < 4.78 is 12.8. The fraction of sp³-hybridized carbons (Fsp3) is 0. The summed E-state index contributed by atoms with van der Waals surface area (Å²) in [5.74, 6) is 1.06. The first kappa shape index (κ1) is 38.0. The van der Waals surface area contributed by atoms with E-state index in [9.17, 15) is 0 Å². The van der Waals surface area contributed by atoms with Gasteiger partial charge in [0, 0.05) is 68.2 Å². The van der Waals surface area contributed by atoms with E-state index in [4.69, 9.17) is 28.8 Å². The van der Waals surface area contributed by atoms with Gasteiger partial charge in [0.15, 0.2) is 0 Å². The third kappa shape index (κ3) is 6.07. The maximum Gasteiger partial charge on any atom is 0.235 e. The summed E-state index contributed by atoms with van der Waals surface area (Å²) in [5.41, 5.74) is 6.89. The molecule has 10 aromatic carbocycles. The second-order valence-corrected chi connectivity index (χ2v) is 18.5. The van der Waals surface area contributed by atoms with Gasteiger partial charge >= 0.3 is 0 Å². The number of anilines is 6. The van der Waals surface area contributed by atoms with Gasteiger partial charge in [0.25, 0.3) is 0 Å². The molecule has 0 aliphatic rings. The quantitative estimate of drug-likeness (QED) is 0.153. The lowest BCUT2D eigenvalue weighted by Gasteiger charge is -2.23. The van der Waals surface area contributed by atoms with Crippen molar-refractivity contribution in [2.24, 2.45) is 0 Å². The highest BCUT2D eigenvalue weighted by Crippen LogP contribution is 2.43. The Balaban J connectivity index is 0.887. The van der Waals surface area contributed by atoms with Crippen LogP contribution < -0.4 is 9.80 Å². The van der Waals surface area contributed by atoms with Crippen molar-refractivity contribution >= 4 is 153 Å². The lowest BCUT2D eigenvalue weighted by molar-refractivity contribution is 0.668. The number of hydrogen-bond acceptors (Lipinski definition) is 9. The number of fused-ring (bicyclic) bond motifs is 13. The number of furan rings is 2. The highest BCUT2D eigenvalue weighted by molar-refractivity contribution is 7.25. The molecular formula is C60H34N6O2S. The first-order valence-corrected chi connectivity index (χ1v) is 23.6. The minimum absolute atomic E-state index is 0.530. The van der Waals surface area contributed by atoms with Gasteiger partial charge in [-0.2, -0.15) is 0 Å². The average Bonchev–Trinajstić information content (AvgIpc) is 4.08. The van der Waals surface area contributed by atoms with E-state index in [-0.39, 0.29) is 0 Å². The Bertz CT molecular complexity index is 4320. The van der Waals surface area contributed by atoms with Gasteiger partial charge in [0.1, 0.15) is 32.0 Å². The Labute approximate surface area is 396 Å². The van der Waals surface area contributed by atoms with Crippen molar-refractivity contribution in [3.05, 3.63) is 207 Å². The van der Waals surface area contributed by atoms with Crippen LogP contribution >= 0.6 is 11.3 Å². The molecule has 0 spiro atoms. The van der Waals surface area contributed by atoms with Crippen LogP contribution in [0.4, 0.5) is 34.6 Å². The van der Waals surface area contributed by atoms with E-state index in [1.54, 1.807) is 0 Å². The molecule has 0 saturated carbocycles. The van der Waals surface area contributed by atoms with Gasteiger partial charge in [-0.05, 0) is 128 Å². The molecule has 0 N–H and O–H groups in total. The van der Waals surface area contributed by atoms with Crippen LogP contribution in [-0.2, 0) is 0 Å². The molecule has 69 heavy (non-hydrogen) atoms. The number of nitrogens with zero attached hydrogens (tertiary/aromatic N) is 6. The lowest BCUT2D eigenvalue weighted by Crippen LogP contribution is -2.13. The maximum atomic E-state index is 6.42. The molecule has 5 heterocycles. The second kappa shape index (κ2) is 14.7. The number of benzene rings is 10. The zero-order valence-electron chi connectivity index (χ0n) is 36.5. The van der Waals surface area contributed by atoms with Crippen LogP contribution in [-0.4, -0.2) is 19.9 Å². The van der Waals surface area contributed by atoms with Crippen LogP contribution in [0.2, 0.25) is 0 Å². The van der Waals surface area contributed by atoms with Gasteiger partial charge in [0.2, 0.25) is 11.9 Å². The van der Waals surface area contributed by atoms with E-state index in [1.807, 2.05) is 48.8 Å². The van der Waals surface area contributed by atoms with E-state index in [0.29, 0.717) is 11.9 Å². The van der Waals surface area contributed by atoms with Crippen molar-refractivity contribution in [2.45, 2.75) is 0 Å². The first-order chi connectivity index (χ1) is 34.1. The molecule has 0 unspecified atom stereocenters. The smallest absolute Gasteiger partial charge is 0.235 e. The van der Waals surface area contributed by atoms with Crippen molar-refractivity contribution < 1.29 is 8.83 Å². The molecule has 9 heteroatoms. The van der Waals surface area contributed by atoms with Crippen LogP contribution in [0.3, 0.4) is 0 Å². The van der Waals surface area contributed by atoms with Crippen molar-refractivity contribution in [1.82, 2.24) is 19.9 Å². The molecule has 0 aliphatic carbocycles. The minimum Gasteiger partial charge on any atom is -0.456 e. The van der Waals surface area contributed by atoms with Crippen LogP contribution in [0.5, 0.6) is 0 Å². The highest BCUT2D eigenvalue weighted by atomic mass is 32.1. The molecule has 5 aromatic heterocycles. The molecule has 0 saturated heterocycles. The van der Waals surface area contributed by atoms with Crippen molar-refractivity contribution in [3.8, 4) is 0 Å². The summed E-state index contributed by atoms with van der Waals surface area (Å²) in [6, 6.07) is 68.0. The van der Waals surface area contributed by atoms with Gasteiger partial charge in [0.05, 0.1) is 11.4 Å². The average molecular weight is 903 g/mol. The molecule has 8 nitrogen and oxygen atoms in total. The Hall–Kier alpha value is -9.18. The fourth-order valence-electron chi connectivity index (χ4n) is 10.1. The van der Waals surface area contributed by atoms with E-state index >= 15 is 0 Å². The highest BCUT2D eigenvalue weighted by Gasteiger charge is 2.23. The third-order valence-corrected chi connectivity index (χ3v) is 14.5. The molecular weight excluding hydrogens is 869 g/mol. The summed E-state index contributed by atoms with van der Waals surface area (Å²) in [6.07, 6.45) is 3.81. The predicted molar refractivity (Wildman–Crippen MR) is 284 cm³/mol. The zero-order chi connectivity index (χ0) is 45.2. The normalized spacial score (nSPS) is 12.1. The summed E-state index contributed by atoms with van der Waals surface area (Å²) in [7, 11) is 0. The fourth-order valence-corrected chi connectivity index (χ4v) is 11.1. The topological polar surface area (TPSA) is 84.3 Å². The largest absolute Gasteiger partial charge is 0.456 e. The molecule has 0 aliphatic heterocycles. The number of rotatable bonds is 6. The molecule has 0 atom stereocenters. The van der Waals surface area contributed by atoms with E-state index < -0.39 is 0 Å². The van der Waals surface area contributed by atoms with E-state index in [2.05, 4.69) is 168 Å². The van der Waals surface area contributed by atoms with Gasteiger partial charge in [-0.25, -0.2) is 19.9 Å². The molecule has 0 amide bonds. The monoisotopic (exact) mass is 902 g/mol. The maximum absolute atomic E-state index is 6.42. The summed E-state index contributed by atoms with van der Waals surface area (Å²) in [6.45, 7) is 0.